The first-order valence-electron chi connectivity index (χ1n) is 12.3. The molecule has 0 unspecified atom stereocenters. The maximum Gasteiger partial charge on any atom is 0.253 e. The van der Waals surface area contributed by atoms with Crippen LogP contribution in [-0.4, -0.2) is 44.3 Å². The van der Waals surface area contributed by atoms with Gasteiger partial charge in [-0.2, -0.15) is 0 Å². The number of carbonyl (C=O) groups excluding carboxylic acids is 1. The molecule has 3 aromatic rings. The number of piperidine rings is 1. The lowest BCUT2D eigenvalue weighted by molar-refractivity contribution is 0.0273. The van der Waals surface area contributed by atoms with Crippen LogP contribution < -0.4 is 22.3 Å². The summed E-state index contributed by atoms with van der Waals surface area (Å²) in [5.41, 5.74) is 15.8. The summed E-state index contributed by atoms with van der Waals surface area (Å²) in [5.74, 6) is 6.08. The van der Waals surface area contributed by atoms with E-state index in [0.29, 0.717) is 36.0 Å². The number of hydrazine groups is 1. The fourth-order valence-electron chi connectivity index (χ4n) is 5.29. The van der Waals surface area contributed by atoms with Crippen LogP contribution in [0.25, 0.3) is 0 Å². The first kappa shape index (κ1) is 24.0. The van der Waals surface area contributed by atoms with Crippen LogP contribution in [0.3, 0.4) is 0 Å². The molecule has 0 bridgehead atoms. The summed E-state index contributed by atoms with van der Waals surface area (Å²) in [6.45, 7) is 9.48. The number of nitrogens with two attached hydrogens (primary N) is 2. The third-order valence-corrected chi connectivity index (χ3v) is 7.48. The lowest BCUT2D eigenvalue weighted by atomic mass is 9.87. The van der Waals surface area contributed by atoms with Crippen LogP contribution >= 0.6 is 0 Å². The molecule has 5 rings (SSSR count). The van der Waals surface area contributed by atoms with Crippen molar-refractivity contribution in [2.75, 3.05) is 29.6 Å². The Kier molecular flexibility index (Phi) is 6.27. The molecule has 2 aliphatic heterocycles. The molecule has 0 saturated carbocycles. The molecule has 1 aromatic heterocycles. The highest BCUT2D eigenvalue weighted by molar-refractivity contribution is 5.96. The minimum atomic E-state index is -0.00885. The van der Waals surface area contributed by atoms with Crippen molar-refractivity contribution < 1.29 is 4.79 Å². The van der Waals surface area contributed by atoms with Crippen molar-refractivity contribution in [1.82, 2.24) is 19.8 Å². The van der Waals surface area contributed by atoms with E-state index >= 15 is 0 Å². The minimum absolute atomic E-state index is 0.00463. The Bertz CT molecular complexity index is 1280. The van der Waals surface area contributed by atoms with Crippen LogP contribution in [0.2, 0.25) is 0 Å². The van der Waals surface area contributed by atoms with Crippen LogP contribution in [0.15, 0.2) is 42.6 Å². The molecule has 3 heterocycles. The number of benzene rings is 2. The molecular weight excluding hydrogens is 452 g/mol. The number of anilines is 4. The number of carbonyl (C=O) groups is 1. The number of rotatable bonds is 5. The van der Waals surface area contributed by atoms with Gasteiger partial charge in [-0.15, -0.1) is 0 Å². The van der Waals surface area contributed by atoms with Gasteiger partial charge in [-0.05, 0) is 75.1 Å². The Morgan fingerprint density at radius 1 is 1.06 bits per heavy atom. The summed E-state index contributed by atoms with van der Waals surface area (Å²) in [5, 5.41) is 3.36. The number of nitrogens with zero attached hydrogens (tertiary/aromatic N) is 4. The van der Waals surface area contributed by atoms with Crippen molar-refractivity contribution in [3.05, 3.63) is 70.5 Å². The fraction of sp³-hybridized carbons (Fsp3) is 0.370. The SMILES string of the molecule is Cc1cc(C)cc(Nc2ncc3c(n2)CN(C2(C)CCN(C(=O)c4ccc(NN)c(N)c4)CC2)C3)c1. The van der Waals surface area contributed by atoms with E-state index in [1.807, 2.05) is 11.1 Å². The molecular formula is C27H34N8O. The number of aromatic nitrogens is 2. The predicted octanol–water partition coefficient (Wildman–Crippen LogP) is 3.72. The molecule has 0 radical (unpaired) electrons. The van der Waals surface area contributed by atoms with Gasteiger partial charge in [-0.3, -0.25) is 15.5 Å². The Morgan fingerprint density at radius 3 is 2.44 bits per heavy atom. The predicted molar refractivity (Wildman–Crippen MR) is 143 cm³/mol. The highest BCUT2D eigenvalue weighted by Crippen LogP contribution is 2.36. The molecule has 9 nitrogen and oxygen atoms in total. The normalized spacial score (nSPS) is 17.1. The molecule has 1 saturated heterocycles. The number of hydrogen-bond donors (Lipinski definition) is 4. The van der Waals surface area contributed by atoms with Gasteiger partial charge in [0.15, 0.2) is 0 Å². The Hall–Kier alpha value is -3.69. The summed E-state index contributed by atoms with van der Waals surface area (Å²) in [7, 11) is 0. The van der Waals surface area contributed by atoms with Gasteiger partial charge < -0.3 is 21.4 Å². The zero-order valence-corrected chi connectivity index (χ0v) is 21.1. The van der Waals surface area contributed by atoms with Crippen molar-refractivity contribution in [2.24, 2.45) is 5.84 Å². The largest absolute Gasteiger partial charge is 0.397 e. The molecule has 188 valence electrons. The van der Waals surface area contributed by atoms with Crippen LogP contribution in [-0.2, 0) is 13.1 Å². The molecule has 2 aliphatic rings. The zero-order chi connectivity index (χ0) is 25.4. The average molecular weight is 487 g/mol. The summed E-state index contributed by atoms with van der Waals surface area (Å²) in [6.07, 6.45) is 3.73. The van der Waals surface area contributed by atoms with E-state index in [1.165, 1.54) is 16.7 Å². The van der Waals surface area contributed by atoms with E-state index < -0.39 is 0 Å². The van der Waals surface area contributed by atoms with Crippen molar-refractivity contribution in [1.29, 1.82) is 0 Å². The number of nitrogens with one attached hydrogen (secondary N) is 2. The van der Waals surface area contributed by atoms with Gasteiger partial charge in [-0.1, -0.05) is 6.07 Å². The van der Waals surface area contributed by atoms with E-state index in [-0.39, 0.29) is 11.4 Å². The van der Waals surface area contributed by atoms with Crippen LogP contribution in [0.5, 0.6) is 0 Å². The lowest BCUT2D eigenvalue weighted by Crippen LogP contribution is -2.52. The van der Waals surface area contributed by atoms with Crippen molar-refractivity contribution >= 4 is 28.9 Å². The smallest absolute Gasteiger partial charge is 0.253 e. The number of amides is 1. The second-order valence-electron chi connectivity index (χ2n) is 10.3. The second-order valence-corrected chi connectivity index (χ2v) is 10.3. The number of hydrogen-bond acceptors (Lipinski definition) is 8. The third kappa shape index (κ3) is 4.72. The van der Waals surface area contributed by atoms with E-state index in [9.17, 15) is 4.79 Å². The first-order chi connectivity index (χ1) is 17.2. The maximum absolute atomic E-state index is 13.1. The van der Waals surface area contributed by atoms with E-state index in [4.69, 9.17) is 16.6 Å². The molecule has 0 aliphatic carbocycles. The van der Waals surface area contributed by atoms with Crippen LogP contribution in [0.4, 0.5) is 23.0 Å². The molecule has 0 spiro atoms. The number of fused-ring (bicyclic) bond motifs is 1. The molecule has 6 N–H and O–H groups in total. The zero-order valence-electron chi connectivity index (χ0n) is 21.1. The minimum Gasteiger partial charge on any atom is -0.397 e. The monoisotopic (exact) mass is 486 g/mol. The summed E-state index contributed by atoms with van der Waals surface area (Å²) < 4.78 is 0. The van der Waals surface area contributed by atoms with E-state index in [2.05, 4.69) is 59.6 Å². The Balaban J connectivity index is 1.22. The average Bonchev–Trinajstić information content (AvgIpc) is 3.28. The van der Waals surface area contributed by atoms with Gasteiger partial charge in [0.25, 0.3) is 5.91 Å². The van der Waals surface area contributed by atoms with E-state index in [1.54, 1.807) is 18.2 Å². The van der Waals surface area contributed by atoms with Crippen molar-refractivity contribution in [3.63, 3.8) is 0 Å². The second kappa shape index (κ2) is 9.40. The van der Waals surface area contributed by atoms with Gasteiger partial charge in [-0.25, -0.2) is 9.97 Å². The standard InChI is InChI=1S/C27H34N8O/c1-17-10-18(2)12-21(11-17)31-26-30-14-20-15-35(16-24(20)32-26)27(3)6-8-34(9-7-27)25(36)19-4-5-23(33-29)22(28)13-19/h4-5,10-14,33H,6-9,15-16,28-29H2,1-3H3,(H,30,31,32). The summed E-state index contributed by atoms with van der Waals surface area (Å²) >= 11 is 0. The molecule has 9 heteroatoms. The molecule has 2 aromatic carbocycles. The van der Waals surface area contributed by atoms with E-state index in [0.717, 1.165) is 37.3 Å². The van der Waals surface area contributed by atoms with Crippen molar-refractivity contribution in [2.45, 2.75) is 52.2 Å². The summed E-state index contributed by atoms with van der Waals surface area (Å²) in [6, 6.07) is 11.5. The number of aryl methyl sites for hydroxylation is 2. The molecule has 1 fully saturated rings. The lowest BCUT2D eigenvalue weighted by Gasteiger charge is -2.45. The quantitative estimate of drug-likeness (QED) is 0.244. The number of nitrogen functional groups attached to an aromatic ring is 2. The molecule has 36 heavy (non-hydrogen) atoms. The van der Waals surface area contributed by atoms with Gasteiger partial charge in [0.05, 0.1) is 17.1 Å². The first-order valence-corrected chi connectivity index (χ1v) is 12.3. The van der Waals surface area contributed by atoms with Gasteiger partial charge in [0.2, 0.25) is 5.95 Å². The fourth-order valence-corrected chi connectivity index (χ4v) is 5.29. The van der Waals surface area contributed by atoms with Crippen molar-refractivity contribution in [3.8, 4) is 0 Å². The van der Waals surface area contributed by atoms with Gasteiger partial charge in [0.1, 0.15) is 0 Å². The molecule has 1 amide bonds. The van der Waals surface area contributed by atoms with Gasteiger partial charge in [0, 0.05) is 54.7 Å². The topological polar surface area (TPSA) is 125 Å². The summed E-state index contributed by atoms with van der Waals surface area (Å²) in [4.78, 5) is 26.9. The molecule has 0 atom stereocenters. The highest BCUT2D eigenvalue weighted by atomic mass is 16.2. The highest BCUT2D eigenvalue weighted by Gasteiger charge is 2.40. The van der Waals surface area contributed by atoms with Gasteiger partial charge >= 0.3 is 0 Å². The Labute approximate surface area is 211 Å². The van der Waals surface area contributed by atoms with Crippen LogP contribution in [0, 0.1) is 13.8 Å². The maximum atomic E-state index is 13.1. The number of likely N-dealkylation sites (tertiary alicyclic amines) is 1. The Morgan fingerprint density at radius 2 is 1.78 bits per heavy atom. The third-order valence-electron chi connectivity index (χ3n) is 7.48. The van der Waals surface area contributed by atoms with Crippen LogP contribution in [0.1, 0.15) is 52.5 Å².